The minimum Gasteiger partial charge on any atom is -0.435 e. The summed E-state index contributed by atoms with van der Waals surface area (Å²) in [5, 5.41) is 0. The van der Waals surface area contributed by atoms with Gasteiger partial charge in [-0.15, -0.1) is 0 Å². The molecule has 1 aliphatic heterocycles. The Labute approximate surface area is 86.8 Å². The van der Waals surface area contributed by atoms with Crippen molar-refractivity contribution in [3.8, 4) is 5.75 Å². The van der Waals surface area contributed by atoms with Crippen LogP contribution in [0.1, 0.15) is 11.1 Å². The predicted molar refractivity (Wildman–Crippen MR) is 51.3 cm³/mol. The van der Waals surface area contributed by atoms with Gasteiger partial charge >= 0.3 is 6.61 Å². The summed E-state index contributed by atoms with van der Waals surface area (Å²) in [6.45, 7) is -0.260. The monoisotopic (exact) mass is 214 g/mol. The fourth-order valence-corrected chi connectivity index (χ4v) is 1.44. The van der Waals surface area contributed by atoms with Crippen molar-refractivity contribution in [2.24, 2.45) is 0 Å². The zero-order valence-electron chi connectivity index (χ0n) is 8.37. The van der Waals surface area contributed by atoms with Crippen molar-refractivity contribution in [1.29, 1.82) is 0 Å². The molecule has 4 heteroatoms. The third-order valence-corrected chi connectivity index (χ3v) is 2.33. The Hall–Kier alpha value is -1.16. The molecule has 82 valence electrons. The molecule has 1 aliphatic rings. The van der Waals surface area contributed by atoms with Crippen LogP contribution in [0.2, 0.25) is 0 Å². The maximum Gasteiger partial charge on any atom is 0.387 e. The van der Waals surface area contributed by atoms with E-state index in [2.05, 4.69) is 4.74 Å². The number of benzene rings is 1. The second kappa shape index (κ2) is 4.14. The predicted octanol–water partition coefficient (Wildman–Crippen LogP) is 2.54. The first-order valence-corrected chi connectivity index (χ1v) is 4.81. The van der Waals surface area contributed by atoms with Gasteiger partial charge in [0.05, 0.1) is 12.7 Å². The topological polar surface area (TPSA) is 21.8 Å². The fraction of sp³-hybridized carbons (Fsp3) is 0.455. The molecule has 2 nitrogen and oxygen atoms in total. The van der Waals surface area contributed by atoms with E-state index in [0.29, 0.717) is 0 Å². The van der Waals surface area contributed by atoms with Crippen LogP contribution < -0.4 is 4.74 Å². The molecule has 0 saturated carbocycles. The number of halogens is 2. The van der Waals surface area contributed by atoms with Gasteiger partial charge in [-0.05, 0) is 24.1 Å². The molecular weight excluding hydrogens is 202 g/mol. The number of rotatable bonds is 4. The van der Waals surface area contributed by atoms with Crippen LogP contribution in [0.15, 0.2) is 18.2 Å². The summed E-state index contributed by atoms with van der Waals surface area (Å²) in [5.41, 5.74) is 1.69. The Kier molecular flexibility index (Phi) is 2.86. The lowest BCUT2D eigenvalue weighted by Crippen LogP contribution is -2.04. The Bertz CT molecular complexity index is 348. The summed E-state index contributed by atoms with van der Waals surface area (Å²) in [6.07, 6.45) is 1.02. The molecule has 0 spiro atoms. The van der Waals surface area contributed by atoms with E-state index < -0.39 is 6.61 Å². The van der Waals surface area contributed by atoms with Crippen molar-refractivity contribution in [3.63, 3.8) is 0 Å². The maximum absolute atomic E-state index is 12.1. The Morgan fingerprint density at radius 3 is 2.87 bits per heavy atom. The lowest BCUT2D eigenvalue weighted by Gasteiger charge is -2.09. The van der Waals surface area contributed by atoms with Crippen LogP contribution in [-0.2, 0) is 11.2 Å². The van der Waals surface area contributed by atoms with Gasteiger partial charge in [0.1, 0.15) is 5.75 Å². The quantitative estimate of drug-likeness (QED) is 0.718. The van der Waals surface area contributed by atoms with Crippen LogP contribution in [0, 0.1) is 6.92 Å². The molecule has 1 heterocycles. The van der Waals surface area contributed by atoms with Gasteiger partial charge in [-0.2, -0.15) is 8.78 Å². The summed E-state index contributed by atoms with van der Waals surface area (Å²) >= 11 is 0. The lowest BCUT2D eigenvalue weighted by molar-refractivity contribution is -0.0503. The van der Waals surface area contributed by atoms with Crippen LogP contribution in [0.4, 0.5) is 8.78 Å². The first kappa shape index (κ1) is 10.4. The van der Waals surface area contributed by atoms with Gasteiger partial charge in [0.2, 0.25) is 0 Å². The first-order valence-electron chi connectivity index (χ1n) is 4.81. The molecule has 0 bridgehead atoms. The van der Waals surface area contributed by atoms with Crippen molar-refractivity contribution >= 4 is 0 Å². The van der Waals surface area contributed by atoms with Crippen molar-refractivity contribution in [3.05, 3.63) is 29.3 Å². The van der Waals surface area contributed by atoms with Gasteiger partial charge in [0.15, 0.2) is 0 Å². The van der Waals surface area contributed by atoms with E-state index in [1.54, 1.807) is 19.1 Å². The molecular formula is C11H12F2O2. The highest BCUT2D eigenvalue weighted by atomic mass is 19.3. The SMILES string of the molecule is Cc1ccc(CC2CO2)cc1OC(F)F. The zero-order valence-corrected chi connectivity index (χ0v) is 8.37. The summed E-state index contributed by atoms with van der Waals surface area (Å²) in [7, 11) is 0. The third-order valence-electron chi connectivity index (χ3n) is 2.33. The highest BCUT2D eigenvalue weighted by Crippen LogP contribution is 2.24. The average Bonchev–Trinajstić information content (AvgIpc) is 2.94. The number of ether oxygens (including phenoxy) is 2. The van der Waals surface area contributed by atoms with Crippen LogP contribution in [0.3, 0.4) is 0 Å². The molecule has 1 aromatic rings. The summed E-state index contributed by atoms with van der Waals surface area (Å²) in [4.78, 5) is 0. The molecule has 1 atom stereocenters. The van der Waals surface area contributed by atoms with Crippen LogP contribution in [0.25, 0.3) is 0 Å². The van der Waals surface area contributed by atoms with E-state index in [4.69, 9.17) is 4.74 Å². The van der Waals surface area contributed by atoms with E-state index in [9.17, 15) is 8.78 Å². The van der Waals surface area contributed by atoms with E-state index >= 15 is 0 Å². The molecule has 1 aromatic carbocycles. The van der Waals surface area contributed by atoms with Gasteiger partial charge < -0.3 is 9.47 Å². The van der Waals surface area contributed by atoms with Crippen LogP contribution in [0.5, 0.6) is 5.75 Å². The molecule has 0 aliphatic carbocycles. The minimum absolute atomic E-state index is 0.253. The lowest BCUT2D eigenvalue weighted by atomic mass is 10.1. The standard InChI is InChI=1S/C11H12F2O2/c1-7-2-3-8(4-9-6-14-9)5-10(7)15-11(12)13/h2-3,5,9,11H,4,6H2,1H3. The average molecular weight is 214 g/mol. The van der Waals surface area contributed by atoms with Gasteiger partial charge in [0, 0.05) is 6.42 Å². The molecule has 0 radical (unpaired) electrons. The summed E-state index contributed by atoms with van der Waals surface area (Å²) < 4.78 is 33.6. The molecule has 1 saturated heterocycles. The molecule has 0 amide bonds. The molecule has 0 N–H and O–H groups in total. The van der Waals surface area contributed by atoms with Gasteiger partial charge in [-0.3, -0.25) is 0 Å². The van der Waals surface area contributed by atoms with Crippen molar-refractivity contribution < 1.29 is 18.3 Å². The van der Waals surface area contributed by atoms with Gasteiger partial charge in [0.25, 0.3) is 0 Å². The second-order valence-corrected chi connectivity index (χ2v) is 3.64. The Morgan fingerprint density at radius 2 is 2.27 bits per heavy atom. The molecule has 0 aromatic heterocycles. The van der Waals surface area contributed by atoms with E-state index in [1.165, 1.54) is 0 Å². The highest BCUT2D eigenvalue weighted by Gasteiger charge is 2.23. The Morgan fingerprint density at radius 1 is 1.53 bits per heavy atom. The molecule has 1 fully saturated rings. The smallest absolute Gasteiger partial charge is 0.387 e. The normalized spacial score (nSPS) is 19.3. The van der Waals surface area contributed by atoms with E-state index in [1.807, 2.05) is 6.07 Å². The van der Waals surface area contributed by atoms with E-state index in [0.717, 1.165) is 24.2 Å². The fourth-order valence-electron chi connectivity index (χ4n) is 1.44. The maximum atomic E-state index is 12.1. The second-order valence-electron chi connectivity index (χ2n) is 3.64. The van der Waals surface area contributed by atoms with Gasteiger partial charge in [-0.25, -0.2) is 0 Å². The first-order chi connectivity index (χ1) is 7.15. The number of aryl methyl sites for hydroxylation is 1. The van der Waals surface area contributed by atoms with Gasteiger partial charge in [-0.1, -0.05) is 12.1 Å². The Balaban J connectivity index is 2.11. The summed E-state index contributed by atoms with van der Waals surface area (Å²) in [6, 6.07) is 5.36. The molecule has 2 rings (SSSR count). The number of alkyl halides is 2. The largest absolute Gasteiger partial charge is 0.435 e. The summed E-state index contributed by atoms with van der Waals surface area (Å²) in [5.74, 6) is 0.253. The van der Waals surface area contributed by atoms with Crippen LogP contribution in [-0.4, -0.2) is 19.3 Å². The van der Waals surface area contributed by atoms with Crippen molar-refractivity contribution in [2.75, 3.05) is 6.61 Å². The van der Waals surface area contributed by atoms with Crippen molar-refractivity contribution in [1.82, 2.24) is 0 Å². The third kappa shape index (κ3) is 2.89. The highest BCUT2D eigenvalue weighted by molar-refractivity contribution is 5.37. The number of epoxide rings is 1. The van der Waals surface area contributed by atoms with Crippen molar-refractivity contribution in [2.45, 2.75) is 26.1 Å². The van der Waals surface area contributed by atoms with Crippen LogP contribution >= 0.6 is 0 Å². The minimum atomic E-state index is -2.77. The zero-order chi connectivity index (χ0) is 10.8. The molecule has 1 unspecified atom stereocenters. The molecule has 15 heavy (non-hydrogen) atoms. The number of hydrogen-bond donors (Lipinski definition) is 0. The number of hydrogen-bond acceptors (Lipinski definition) is 2. The van der Waals surface area contributed by atoms with E-state index in [-0.39, 0.29) is 11.9 Å².